The largest absolute Gasteiger partial charge is 0.379 e. The fraction of sp³-hybridized carbons (Fsp3) is 0.600. The van der Waals surface area contributed by atoms with Crippen LogP contribution in [-0.2, 0) is 10.2 Å². The zero-order valence-electron chi connectivity index (χ0n) is 8.13. The normalized spacial score (nSPS) is 21.6. The Hall–Kier alpha value is -0.0900. The number of ether oxygens (including phenoxy) is 1. The highest BCUT2D eigenvalue weighted by Crippen LogP contribution is 2.41. The van der Waals surface area contributed by atoms with Gasteiger partial charge >= 0.3 is 0 Å². The van der Waals surface area contributed by atoms with Crippen LogP contribution in [0.3, 0.4) is 0 Å². The van der Waals surface area contributed by atoms with Crippen molar-refractivity contribution in [3.63, 3.8) is 0 Å². The van der Waals surface area contributed by atoms with E-state index in [0.717, 1.165) is 24.0 Å². The number of nitrogens with two attached hydrogens (primary N) is 1. The topological polar surface area (TPSA) is 35.2 Å². The summed E-state index contributed by atoms with van der Waals surface area (Å²) in [7, 11) is 0. The molecule has 0 amide bonds. The van der Waals surface area contributed by atoms with Gasteiger partial charge in [0.05, 0.1) is 23.0 Å². The maximum atomic E-state index is 5.93. The second-order valence-corrected chi connectivity index (χ2v) is 5.77. The molecule has 1 aliphatic rings. The minimum Gasteiger partial charge on any atom is -0.379 e. The van der Waals surface area contributed by atoms with Gasteiger partial charge in [-0.05, 0) is 25.5 Å². The first-order valence-corrected chi connectivity index (χ1v) is 5.91. The molecule has 2 N–H and O–H groups in total. The van der Waals surface area contributed by atoms with Crippen LogP contribution in [0.25, 0.3) is 0 Å². The molecule has 1 aliphatic heterocycles. The lowest BCUT2D eigenvalue weighted by Gasteiger charge is -2.42. The number of halogens is 1. The first-order chi connectivity index (χ1) is 6.62. The third kappa shape index (κ3) is 1.82. The van der Waals surface area contributed by atoms with E-state index in [9.17, 15) is 0 Å². The van der Waals surface area contributed by atoms with Crippen molar-refractivity contribution >= 4 is 22.9 Å². The van der Waals surface area contributed by atoms with Crippen molar-refractivity contribution in [1.82, 2.24) is 0 Å². The highest BCUT2D eigenvalue weighted by Gasteiger charge is 2.41. The molecule has 0 aliphatic carbocycles. The highest BCUT2D eigenvalue weighted by molar-refractivity contribution is 7.16. The molecule has 1 aromatic rings. The Morgan fingerprint density at radius 3 is 2.71 bits per heavy atom. The molecule has 0 radical (unpaired) electrons. The van der Waals surface area contributed by atoms with Crippen molar-refractivity contribution in [2.75, 3.05) is 13.2 Å². The molecule has 0 bridgehead atoms. The molecule has 2 nitrogen and oxygen atoms in total. The predicted octanol–water partition coefficient (Wildman–Crippen LogP) is 2.41. The molecule has 0 spiro atoms. The summed E-state index contributed by atoms with van der Waals surface area (Å²) in [6.07, 6.45) is 0.976. The fourth-order valence-electron chi connectivity index (χ4n) is 1.92. The number of rotatable bonds is 3. The minimum atomic E-state index is 0.145. The molecule has 0 saturated carbocycles. The van der Waals surface area contributed by atoms with Crippen LogP contribution in [0.5, 0.6) is 0 Å². The van der Waals surface area contributed by atoms with Crippen molar-refractivity contribution in [2.45, 2.75) is 24.8 Å². The Bertz CT molecular complexity index is 320. The van der Waals surface area contributed by atoms with Crippen molar-refractivity contribution in [2.24, 2.45) is 5.73 Å². The second-order valence-electron chi connectivity index (χ2n) is 4.06. The van der Waals surface area contributed by atoms with Gasteiger partial charge in [-0.15, -0.1) is 11.3 Å². The van der Waals surface area contributed by atoms with Crippen molar-refractivity contribution < 1.29 is 4.74 Å². The summed E-state index contributed by atoms with van der Waals surface area (Å²) in [6.45, 7) is 3.60. The van der Waals surface area contributed by atoms with E-state index in [2.05, 4.69) is 6.07 Å². The van der Waals surface area contributed by atoms with Crippen LogP contribution in [-0.4, -0.2) is 19.3 Å². The Morgan fingerprint density at radius 1 is 1.64 bits per heavy atom. The first kappa shape index (κ1) is 10.4. The number of hydrogen-bond acceptors (Lipinski definition) is 3. The van der Waals surface area contributed by atoms with Crippen LogP contribution < -0.4 is 5.73 Å². The summed E-state index contributed by atoms with van der Waals surface area (Å²) in [5.74, 6) is 0. The Labute approximate surface area is 93.0 Å². The van der Waals surface area contributed by atoms with Gasteiger partial charge in [0.25, 0.3) is 0 Å². The molecule has 0 aromatic carbocycles. The van der Waals surface area contributed by atoms with Gasteiger partial charge in [-0.1, -0.05) is 11.6 Å². The average molecular weight is 232 g/mol. The summed E-state index contributed by atoms with van der Waals surface area (Å²) in [4.78, 5) is 1.31. The van der Waals surface area contributed by atoms with Crippen molar-refractivity contribution in [3.8, 4) is 0 Å². The summed E-state index contributed by atoms with van der Waals surface area (Å²) in [5, 5.41) is 0. The fourth-order valence-corrected chi connectivity index (χ4v) is 3.14. The molecule has 4 heteroatoms. The number of thiophene rings is 1. The second kappa shape index (κ2) is 3.81. The lowest BCUT2D eigenvalue weighted by Crippen LogP contribution is -2.49. The van der Waals surface area contributed by atoms with Gasteiger partial charge in [0, 0.05) is 10.9 Å². The molecule has 14 heavy (non-hydrogen) atoms. The molecule has 1 unspecified atom stereocenters. The van der Waals surface area contributed by atoms with Crippen LogP contribution in [0.4, 0.5) is 0 Å². The number of hydrogen-bond donors (Lipinski definition) is 1. The molecule has 1 aromatic heterocycles. The SMILES string of the molecule is CC(N)CC1(c2ccc(Cl)s2)COC1. The third-order valence-electron chi connectivity index (χ3n) is 2.57. The van der Waals surface area contributed by atoms with E-state index >= 15 is 0 Å². The van der Waals surface area contributed by atoms with Crippen molar-refractivity contribution in [1.29, 1.82) is 0 Å². The van der Waals surface area contributed by atoms with Gasteiger partial charge in [-0.2, -0.15) is 0 Å². The molecule has 1 fully saturated rings. The molecule has 1 saturated heterocycles. The smallest absolute Gasteiger partial charge is 0.0931 e. The Morgan fingerprint density at radius 2 is 2.36 bits per heavy atom. The van der Waals surface area contributed by atoms with Crippen LogP contribution in [0.15, 0.2) is 12.1 Å². The minimum absolute atomic E-state index is 0.145. The lowest BCUT2D eigenvalue weighted by molar-refractivity contribution is -0.0646. The van der Waals surface area contributed by atoms with Gasteiger partial charge in [0.2, 0.25) is 0 Å². The average Bonchev–Trinajstić information content (AvgIpc) is 2.44. The monoisotopic (exact) mass is 231 g/mol. The lowest BCUT2D eigenvalue weighted by atomic mass is 9.79. The first-order valence-electron chi connectivity index (χ1n) is 4.71. The Kier molecular flexibility index (Phi) is 2.84. The predicted molar refractivity (Wildman–Crippen MR) is 60.1 cm³/mol. The van der Waals surface area contributed by atoms with Crippen molar-refractivity contribution in [3.05, 3.63) is 21.3 Å². The van der Waals surface area contributed by atoms with Gasteiger partial charge < -0.3 is 10.5 Å². The van der Waals surface area contributed by atoms with E-state index in [4.69, 9.17) is 22.1 Å². The van der Waals surface area contributed by atoms with E-state index < -0.39 is 0 Å². The van der Waals surface area contributed by atoms with Crippen LogP contribution >= 0.6 is 22.9 Å². The van der Waals surface area contributed by atoms with Gasteiger partial charge in [0.1, 0.15) is 0 Å². The molecule has 78 valence electrons. The summed E-state index contributed by atoms with van der Waals surface area (Å²) >= 11 is 7.57. The zero-order chi connectivity index (χ0) is 10.2. The molecular formula is C10H14ClNOS. The molecule has 2 rings (SSSR count). The van der Waals surface area contributed by atoms with Crippen LogP contribution in [0, 0.1) is 0 Å². The van der Waals surface area contributed by atoms with Crippen LogP contribution in [0.1, 0.15) is 18.2 Å². The highest BCUT2D eigenvalue weighted by atomic mass is 35.5. The Balaban J connectivity index is 2.20. The van der Waals surface area contributed by atoms with E-state index in [1.807, 2.05) is 13.0 Å². The maximum absolute atomic E-state index is 5.93. The van der Waals surface area contributed by atoms with Gasteiger partial charge in [-0.25, -0.2) is 0 Å². The van der Waals surface area contributed by atoms with E-state index in [1.165, 1.54) is 4.88 Å². The van der Waals surface area contributed by atoms with E-state index in [1.54, 1.807) is 11.3 Å². The summed E-state index contributed by atoms with van der Waals surface area (Å²) in [6, 6.07) is 4.25. The third-order valence-corrected chi connectivity index (χ3v) is 4.04. The van der Waals surface area contributed by atoms with E-state index in [0.29, 0.717) is 0 Å². The quantitative estimate of drug-likeness (QED) is 0.867. The molecular weight excluding hydrogens is 218 g/mol. The van der Waals surface area contributed by atoms with Crippen LogP contribution in [0.2, 0.25) is 4.34 Å². The van der Waals surface area contributed by atoms with Gasteiger partial charge in [-0.3, -0.25) is 0 Å². The maximum Gasteiger partial charge on any atom is 0.0931 e. The van der Waals surface area contributed by atoms with Gasteiger partial charge in [0.15, 0.2) is 0 Å². The summed E-state index contributed by atoms with van der Waals surface area (Å²) < 4.78 is 6.15. The zero-order valence-corrected chi connectivity index (χ0v) is 9.70. The molecule has 2 heterocycles. The molecule has 1 atom stereocenters. The standard InChI is InChI=1S/C10H14ClNOS/c1-7(12)4-10(5-13-6-10)8-2-3-9(11)14-8/h2-3,7H,4-6,12H2,1H3. The summed E-state index contributed by atoms with van der Waals surface area (Å²) in [5.41, 5.74) is 5.99. The van der Waals surface area contributed by atoms with E-state index in [-0.39, 0.29) is 11.5 Å².